The molecule has 1 aromatic carbocycles. The summed E-state index contributed by atoms with van der Waals surface area (Å²) in [5.41, 5.74) is 8.79. The van der Waals surface area contributed by atoms with E-state index < -0.39 is 0 Å². The predicted octanol–water partition coefficient (Wildman–Crippen LogP) is 2.96. The van der Waals surface area contributed by atoms with Gasteiger partial charge >= 0.3 is 0 Å². The quantitative estimate of drug-likeness (QED) is 0.844. The van der Waals surface area contributed by atoms with E-state index in [4.69, 9.17) is 5.73 Å². The topological polar surface area (TPSA) is 26.0 Å². The maximum absolute atomic E-state index is 6.14. The van der Waals surface area contributed by atoms with Crippen LogP contribution in [0.25, 0.3) is 0 Å². The molecule has 0 aliphatic heterocycles. The fourth-order valence-electron chi connectivity index (χ4n) is 1.57. The van der Waals surface area contributed by atoms with Crippen molar-refractivity contribution in [1.29, 1.82) is 0 Å². The van der Waals surface area contributed by atoms with Crippen molar-refractivity contribution in [2.24, 2.45) is 5.73 Å². The van der Waals surface area contributed by atoms with Crippen LogP contribution in [0.5, 0.6) is 0 Å². The third-order valence-electron chi connectivity index (χ3n) is 2.73. The van der Waals surface area contributed by atoms with Gasteiger partial charge in [-0.25, -0.2) is 0 Å². The molecule has 13 heavy (non-hydrogen) atoms. The van der Waals surface area contributed by atoms with Crippen LogP contribution in [-0.4, -0.2) is 0 Å². The van der Waals surface area contributed by atoms with Crippen molar-refractivity contribution in [3.8, 4) is 0 Å². The molecular formula is C11H14BrN. The van der Waals surface area contributed by atoms with E-state index >= 15 is 0 Å². The minimum absolute atomic E-state index is 0.00625. The van der Waals surface area contributed by atoms with E-state index in [0.717, 1.165) is 23.7 Å². The smallest absolute Gasteiger partial charge is 0.0411 e. The molecule has 2 heteroatoms. The Balaban J connectivity index is 2.40. The average molecular weight is 240 g/mol. The highest BCUT2D eigenvalue weighted by Crippen LogP contribution is 2.43. The van der Waals surface area contributed by atoms with E-state index in [-0.39, 0.29) is 5.54 Å². The van der Waals surface area contributed by atoms with Crippen molar-refractivity contribution < 1.29 is 0 Å². The first-order chi connectivity index (χ1) is 6.14. The molecule has 0 heterocycles. The first-order valence-corrected chi connectivity index (χ1v) is 5.52. The van der Waals surface area contributed by atoms with Gasteiger partial charge in [-0.3, -0.25) is 0 Å². The molecule has 1 nitrogen and oxygen atoms in total. The molecule has 0 atom stereocenters. The van der Waals surface area contributed by atoms with Crippen molar-refractivity contribution in [1.82, 2.24) is 0 Å². The van der Waals surface area contributed by atoms with E-state index in [0.29, 0.717) is 0 Å². The van der Waals surface area contributed by atoms with Gasteiger partial charge < -0.3 is 5.73 Å². The van der Waals surface area contributed by atoms with E-state index in [1.807, 2.05) is 0 Å². The molecule has 1 aliphatic carbocycles. The Morgan fingerprint density at radius 2 is 2.08 bits per heavy atom. The number of rotatable bonds is 2. The van der Waals surface area contributed by atoms with Gasteiger partial charge in [0.1, 0.15) is 0 Å². The van der Waals surface area contributed by atoms with Gasteiger partial charge in [-0.2, -0.15) is 0 Å². The molecule has 0 amide bonds. The second kappa shape index (κ2) is 3.10. The van der Waals surface area contributed by atoms with Gasteiger partial charge in [0.2, 0.25) is 0 Å². The zero-order valence-corrected chi connectivity index (χ0v) is 9.39. The monoisotopic (exact) mass is 239 g/mol. The minimum atomic E-state index is -0.00625. The van der Waals surface area contributed by atoms with Crippen LogP contribution in [0.1, 0.15) is 30.9 Å². The van der Waals surface area contributed by atoms with Gasteiger partial charge in [0, 0.05) is 10.0 Å². The van der Waals surface area contributed by atoms with Crippen LogP contribution in [-0.2, 0) is 12.0 Å². The van der Waals surface area contributed by atoms with Crippen LogP contribution < -0.4 is 5.73 Å². The highest BCUT2D eigenvalue weighted by atomic mass is 79.9. The molecule has 0 saturated heterocycles. The van der Waals surface area contributed by atoms with Crippen LogP contribution in [0.3, 0.4) is 0 Å². The van der Waals surface area contributed by atoms with Crippen LogP contribution >= 0.6 is 15.9 Å². The molecule has 0 unspecified atom stereocenters. The summed E-state index contributed by atoms with van der Waals surface area (Å²) in [6.07, 6.45) is 3.34. The zero-order chi connectivity index (χ0) is 9.47. The van der Waals surface area contributed by atoms with Crippen LogP contribution in [0.15, 0.2) is 22.7 Å². The first kappa shape index (κ1) is 9.22. The number of halogens is 1. The Kier molecular flexibility index (Phi) is 2.20. The Labute approximate surface area is 87.5 Å². The van der Waals surface area contributed by atoms with E-state index in [9.17, 15) is 0 Å². The third kappa shape index (κ3) is 1.79. The molecule has 0 bridgehead atoms. The van der Waals surface area contributed by atoms with Gasteiger partial charge in [-0.15, -0.1) is 0 Å². The van der Waals surface area contributed by atoms with Gasteiger partial charge in [-0.05, 0) is 42.5 Å². The van der Waals surface area contributed by atoms with E-state index in [1.165, 1.54) is 11.1 Å². The maximum atomic E-state index is 6.14. The van der Waals surface area contributed by atoms with Crippen molar-refractivity contribution in [2.75, 3.05) is 0 Å². The minimum Gasteiger partial charge on any atom is -0.321 e. The summed E-state index contributed by atoms with van der Waals surface area (Å²) in [5, 5.41) is 0. The second-order valence-electron chi connectivity index (χ2n) is 3.86. The molecule has 70 valence electrons. The Morgan fingerprint density at radius 3 is 2.62 bits per heavy atom. The zero-order valence-electron chi connectivity index (χ0n) is 7.81. The summed E-state index contributed by atoms with van der Waals surface area (Å²) in [6, 6.07) is 6.54. The molecule has 1 fully saturated rings. The Bertz CT molecular complexity index is 329. The largest absolute Gasteiger partial charge is 0.321 e. The molecule has 0 spiro atoms. The van der Waals surface area contributed by atoms with Gasteiger partial charge in [0.15, 0.2) is 0 Å². The number of benzene rings is 1. The molecule has 0 radical (unpaired) electrons. The number of aryl methyl sites for hydroxylation is 1. The average Bonchev–Trinajstić information content (AvgIpc) is 2.84. The van der Waals surface area contributed by atoms with Crippen molar-refractivity contribution in [3.05, 3.63) is 33.8 Å². The standard InChI is InChI=1S/C11H14BrN/c1-2-8-5-9(7-10(12)6-8)11(13)3-4-11/h5-7H,2-4,13H2,1H3. The first-order valence-electron chi connectivity index (χ1n) is 4.73. The van der Waals surface area contributed by atoms with Gasteiger partial charge in [-0.1, -0.05) is 28.9 Å². The third-order valence-corrected chi connectivity index (χ3v) is 3.19. The van der Waals surface area contributed by atoms with E-state index in [1.54, 1.807) is 0 Å². The van der Waals surface area contributed by atoms with E-state index in [2.05, 4.69) is 41.1 Å². The number of hydrogen-bond acceptors (Lipinski definition) is 1. The molecular weight excluding hydrogens is 226 g/mol. The fourth-order valence-corrected chi connectivity index (χ4v) is 2.11. The van der Waals surface area contributed by atoms with Gasteiger partial charge in [0.25, 0.3) is 0 Å². The van der Waals surface area contributed by atoms with Crippen molar-refractivity contribution >= 4 is 15.9 Å². The number of hydrogen-bond donors (Lipinski definition) is 1. The lowest BCUT2D eigenvalue weighted by Gasteiger charge is -2.11. The SMILES string of the molecule is CCc1cc(Br)cc(C2(N)CC2)c1. The molecule has 2 rings (SSSR count). The normalized spacial score (nSPS) is 18.7. The number of nitrogens with two attached hydrogens (primary N) is 1. The highest BCUT2D eigenvalue weighted by Gasteiger charge is 2.40. The van der Waals surface area contributed by atoms with Crippen molar-refractivity contribution in [2.45, 2.75) is 31.7 Å². The highest BCUT2D eigenvalue weighted by molar-refractivity contribution is 9.10. The van der Waals surface area contributed by atoms with Crippen LogP contribution in [0.2, 0.25) is 0 Å². The van der Waals surface area contributed by atoms with Gasteiger partial charge in [0.05, 0.1) is 0 Å². The summed E-state index contributed by atoms with van der Waals surface area (Å²) >= 11 is 3.52. The Hall–Kier alpha value is -0.340. The molecule has 1 saturated carbocycles. The van der Waals surface area contributed by atoms with Crippen molar-refractivity contribution in [3.63, 3.8) is 0 Å². The Morgan fingerprint density at radius 1 is 1.38 bits per heavy atom. The lowest BCUT2D eigenvalue weighted by atomic mass is 10.0. The second-order valence-corrected chi connectivity index (χ2v) is 4.77. The molecule has 2 N–H and O–H groups in total. The molecule has 1 aromatic rings. The summed E-state index contributed by atoms with van der Waals surface area (Å²) in [4.78, 5) is 0. The van der Waals surface area contributed by atoms with Crippen LogP contribution in [0.4, 0.5) is 0 Å². The predicted molar refractivity (Wildman–Crippen MR) is 58.6 cm³/mol. The lowest BCUT2D eigenvalue weighted by Crippen LogP contribution is -2.18. The summed E-state index contributed by atoms with van der Waals surface area (Å²) < 4.78 is 1.15. The summed E-state index contributed by atoms with van der Waals surface area (Å²) in [7, 11) is 0. The molecule has 1 aliphatic rings. The summed E-state index contributed by atoms with van der Waals surface area (Å²) in [5.74, 6) is 0. The fraction of sp³-hybridized carbons (Fsp3) is 0.455. The lowest BCUT2D eigenvalue weighted by molar-refractivity contribution is 0.737. The van der Waals surface area contributed by atoms with Crippen LogP contribution in [0, 0.1) is 0 Å². The summed E-state index contributed by atoms with van der Waals surface area (Å²) in [6.45, 7) is 2.17. The molecule has 0 aromatic heterocycles. The maximum Gasteiger partial charge on any atom is 0.0411 e.